The SMILES string of the molecule is CC(=O)SC1CC(=O)N(CC(O)CN)C1. The maximum Gasteiger partial charge on any atom is 0.223 e. The molecule has 2 atom stereocenters. The number of β-amino-alcohol motifs (C(OH)–C–C–N with tert-alkyl or cyclic N) is 1. The van der Waals surface area contributed by atoms with E-state index in [1.54, 1.807) is 4.90 Å². The third-order valence-electron chi connectivity index (χ3n) is 2.21. The van der Waals surface area contributed by atoms with E-state index >= 15 is 0 Å². The molecule has 1 rings (SSSR count). The molecular formula is C9H16N2O3S. The van der Waals surface area contributed by atoms with Crippen molar-refractivity contribution in [3.63, 3.8) is 0 Å². The molecule has 1 saturated heterocycles. The van der Waals surface area contributed by atoms with Crippen molar-refractivity contribution in [3.05, 3.63) is 0 Å². The molecule has 6 heteroatoms. The molecular weight excluding hydrogens is 216 g/mol. The molecule has 1 aliphatic heterocycles. The largest absolute Gasteiger partial charge is 0.390 e. The molecule has 15 heavy (non-hydrogen) atoms. The highest BCUT2D eigenvalue weighted by molar-refractivity contribution is 8.14. The van der Waals surface area contributed by atoms with Gasteiger partial charge in [-0.15, -0.1) is 0 Å². The van der Waals surface area contributed by atoms with Gasteiger partial charge in [0, 0.05) is 38.2 Å². The molecule has 2 unspecified atom stereocenters. The number of aliphatic hydroxyl groups excluding tert-OH is 1. The molecule has 0 saturated carbocycles. The van der Waals surface area contributed by atoms with Crippen molar-refractivity contribution in [2.24, 2.45) is 5.73 Å². The Morgan fingerprint density at radius 1 is 1.80 bits per heavy atom. The second-order valence-corrected chi connectivity index (χ2v) is 5.10. The molecule has 0 spiro atoms. The summed E-state index contributed by atoms with van der Waals surface area (Å²) >= 11 is 1.19. The standard InChI is InChI=1S/C9H16N2O3S/c1-6(12)15-8-2-9(14)11(5-8)4-7(13)3-10/h7-8,13H,2-5,10H2,1H3. The van der Waals surface area contributed by atoms with Crippen molar-refractivity contribution < 1.29 is 14.7 Å². The first-order chi connectivity index (χ1) is 7.02. The van der Waals surface area contributed by atoms with E-state index in [-0.39, 0.29) is 29.4 Å². The zero-order chi connectivity index (χ0) is 11.4. The van der Waals surface area contributed by atoms with E-state index in [9.17, 15) is 14.7 Å². The summed E-state index contributed by atoms with van der Waals surface area (Å²) in [5.74, 6) is -0.0127. The fraction of sp³-hybridized carbons (Fsp3) is 0.778. The molecule has 5 nitrogen and oxygen atoms in total. The molecule has 1 aliphatic rings. The number of aliphatic hydroxyl groups is 1. The summed E-state index contributed by atoms with van der Waals surface area (Å²) in [5, 5.41) is 9.36. The number of thioether (sulfide) groups is 1. The Morgan fingerprint density at radius 2 is 2.47 bits per heavy atom. The summed E-state index contributed by atoms with van der Waals surface area (Å²) in [4.78, 5) is 23.9. The number of nitrogens with two attached hydrogens (primary N) is 1. The van der Waals surface area contributed by atoms with Crippen LogP contribution in [0.3, 0.4) is 0 Å². The lowest BCUT2D eigenvalue weighted by molar-refractivity contribution is -0.128. The van der Waals surface area contributed by atoms with Gasteiger partial charge in [0.05, 0.1) is 6.10 Å². The third-order valence-corrected chi connectivity index (χ3v) is 3.20. The van der Waals surface area contributed by atoms with E-state index in [2.05, 4.69) is 0 Å². The van der Waals surface area contributed by atoms with Crippen molar-refractivity contribution >= 4 is 22.8 Å². The first-order valence-corrected chi connectivity index (χ1v) is 5.74. The lowest BCUT2D eigenvalue weighted by atomic mass is 10.3. The van der Waals surface area contributed by atoms with Crippen LogP contribution in [0.1, 0.15) is 13.3 Å². The van der Waals surface area contributed by atoms with Crippen molar-refractivity contribution in [2.75, 3.05) is 19.6 Å². The Bertz CT molecular complexity index is 260. The third kappa shape index (κ3) is 3.81. The van der Waals surface area contributed by atoms with E-state index in [0.717, 1.165) is 0 Å². The molecule has 86 valence electrons. The van der Waals surface area contributed by atoms with Gasteiger partial charge in [-0.3, -0.25) is 9.59 Å². The van der Waals surface area contributed by atoms with Gasteiger partial charge in [-0.1, -0.05) is 11.8 Å². The Kier molecular flexibility index (Phi) is 4.56. The Hall–Kier alpha value is -0.590. The minimum absolute atomic E-state index is 0.0127. The molecule has 0 radical (unpaired) electrons. The Balaban J connectivity index is 2.42. The van der Waals surface area contributed by atoms with Crippen LogP contribution in [0.5, 0.6) is 0 Å². The number of carbonyl (C=O) groups is 2. The minimum Gasteiger partial charge on any atom is -0.390 e. The zero-order valence-electron chi connectivity index (χ0n) is 8.68. The Labute approximate surface area is 93.0 Å². The molecule has 1 heterocycles. The van der Waals surface area contributed by atoms with Gasteiger partial charge < -0.3 is 15.7 Å². The van der Waals surface area contributed by atoms with Crippen molar-refractivity contribution in [1.29, 1.82) is 0 Å². The summed E-state index contributed by atoms with van der Waals surface area (Å²) in [6.45, 7) is 2.44. The summed E-state index contributed by atoms with van der Waals surface area (Å²) in [6.07, 6.45) is -0.295. The van der Waals surface area contributed by atoms with Gasteiger partial charge >= 0.3 is 0 Å². The zero-order valence-corrected chi connectivity index (χ0v) is 9.50. The van der Waals surface area contributed by atoms with Crippen LogP contribution in [-0.2, 0) is 9.59 Å². The van der Waals surface area contributed by atoms with Gasteiger partial charge in [-0.05, 0) is 0 Å². The highest BCUT2D eigenvalue weighted by Crippen LogP contribution is 2.23. The van der Waals surface area contributed by atoms with Crippen molar-refractivity contribution in [1.82, 2.24) is 4.90 Å². The lowest BCUT2D eigenvalue weighted by Gasteiger charge is -2.19. The van der Waals surface area contributed by atoms with Crippen LogP contribution in [-0.4, -0.2) is 52.0 Å². The highest BCUT2D eigenvalue weighted by atomic mass is 32.2. The normalized spacial score (nSPS) is 23.3. The van der Waals surface area contributed by atoms with E-state index in [0.29, 0.717) is 13.0 Å². The average molecular weight is 232 g/mol. The first kappa shape index (κ1) is 12.5. The molecule has 0 aromatic carbocycles. The summed E-state index contributed by atoms with van der Waals surface area (Å²) in [7, 11) is 0. The molecule has 1 fully saturated rings. The van der Waals surface area contributed by atoms with Gasteiger partial charge in [0.1, 0.15) is 0 Å². The highest BCUT2D eigenvalue weighted by Gasteiger charge is 2.31. The van der Waals surface area contributed by atoms with Gasteiger partial charge in [-0.25, -0.2) is 0 Å². The summed E-state index contributed by atoms with van der Waals surface area (Å²) in [5.41, 5.74) is 5.26. The predicted octanol–water partition coefficient (Wildman–Crippen LogP) is -0.813. The fourth-order valence-corrected chi connectivity index (χ4v) is 2.50. The topological polar surface area (TPSA) is 83.6 Å². The van der Waals surface area contributed by atoms with E-state index in [1.807, 2.05) is 0 Å². The minimum atomic E-state index is -0.671. The van der Waals surface area contributed by atoms with Gasteiger partial charge in [0.25, 0.3) is 0 Å². The van der Waals surface area contributed by atoms with Crippen LogP contribution in [0.2, 0.25) is 0 Å². The first-order valence-electron chi connectivity index (χ1n) is 4.86. The van der Waals surface area contributed by atoms with E-state index in [1.165, 1.54) is 18.7 Å². The molecule has 0 aromatic rings. The molecule has 1 amide bonds. The van der Waals surface area contributed by atoms with Crippen LogP contribution in [0.15, 0.2) is 0 Å². The van der Waals surface area contributed by atoms with Crippen LogP contribution < -0.4 is 5.73 Å². The number of amides is 1. The number of likely N-dealkylation sites (tertiary alicyclic amines) is 1. The maximum absolute atomic E-state index is 11.5. The van der Waals surface area contributed by atoms with E-state index in [4.69, 9.17) is 5.73 Å². The predicted molar refractivity (Wildman–Crippen MR) is 58.3 cm³/mol. The van der Waals surface area contributed by atoms with Crippen LogP contribution in [0, 0.1) is 0 Å². The van der Waals surface area contributed by atoms with Crippen molar-refractivity contribution in [2.45, 2.75) is 24.7 Å². The van der Waals surface area contributed by atoms with Crippen LogP contribution >= 0.6 is 11.8 Å². The van der Waals surface area contributed by atoms with Crippen LogP contribution in [0.4, 0.5) is 0 Å². The van der Waals surface area contributed by atoms with Gasteiger partial charge in [0.2, 0.25) is 5.91 Å². The van der Waals surface area contributed by atoms with Gasteiger partial charge in [-0.2, -0.15) is 0 Å². The number of nitrogens with zero attached hydrogens (tertiary/aromatic N) is 1. The number of carbonyl (C=O) groups excluding carboxylic acids is 2. The van der Waals surface area contributed by atoms with Gasteiger partial charge in [0.15, 0.2) is 5.12 Å². The summed E-state index contributed by atoms with van der Waals surface area (Å²) < 4.78 is 0. The van der Waals surface area contributed by atoms with Crippen molar-refractivity contribution in [3.8, 4) is 0 Å². The van der Waals surface area contributed by atoms with Crippen LogP contribution in [0.25, 0.3) is 0 Å². The second kappa shape index (κ2) is 5.48. The molecule has 0 aromatic heterocycles. The lowest BCUT2D eigenvalue weighted by Crippen LogP contribution is -2.37. The maximum atomic E-state index is 11.5. The van der Waals surface area contributed by atoms with E-state index < -0.39 is 6.10 Å². The number of hydrogen-bond acceptors (Lipinski definition) is 5. The number of rotatable bonds is 4. The molecule has 0 aliphatic carbocycles. The second-order valence-electron chi connectivity index (χ2n) is 3.62. The molecule has 3 N–H and O–H groups in total. The fourth-order valence-electron chi connectivity index (χ4n) is 1.55. The smallest absolute Gasteiger partial charge is 0.223 e. The number of hydrogen-bond donors (Lipinski definition) is 2. The molecule has 0 bridgehead atoms. The quantitative estimate of drug-likeness (QED) is 0.662. The monoisotopic (exact) mass is 232 g/mol. The Morgan fingerprint density at radius 3 is 3.00 bits per heavy atom. The summed E-state index contributed by atoms with van der Waals surface area (Å²) in [6, 6.07) is 0. The average Bonchev–Trinajstić information content (AvgIpc) is 2.45.